The van der Waals surface area contributed by atoms with E-state index in [0.717, 1.165) is 66.3 Å². The summed E-state index contributed by atoms with van der Waals surface area (Å²) in [6.07, 6.45) is 7.76. The Morgan fingerprint density at radius 1 is 1.14 bits per heavy atom. The van der Waals surface area contributed by atoms with Gasteiger partial charge in [-0.2, -0.15) is 0 Å². The van der Waals surface area contributed by atoms with Crippen LogP contribution in [0.15, 0.2) is 35.2 Å². The zero-order valence-corrected chi connectivity index (χ0v) is 16.6. The van der Waals surface area contributed by atoms with Crippen molar-refractivity contribution >= 4 is 0 Å². The molecule has 1 saturated heterocycles. The highest BCUT2D eigenvalue weighted by Gasteiger charge is 2.23. The number of nitrogens with zero attached hydrogens (tertiary/aromatic N) is 5. The molecule has 3 aromatic heterocycles. The zero-order valence-electron chi connectivity index (χ0n) is 16.6. The molecule has 0 saturated carbocycles. The molecule has 1 aliphatic rings. The summed E-state index contributed by atoms with van der Waals surface area (Å²) >= 11 is 0. The Balaban J connectivity index is 1.40. The number of hydrogen-bond acceptors (Lipinski definition) is 7. The summed E-state index contributed by atoms with van der Waals surface area (Å²) in [5, 5.41) is 4.08. The predicted octanol–water partition coefficient (Wildman–Crippen LogP) is 3.53. The minimum Gasteiger partial charge on any atom is -0.467 e. The lowest BCUT2D eigenvalue weighted by Gasteiger charge is -2.31. The third-order valence-electron chi connectivity index (χ3n) is 5.38. The minimum atomic E-state index is 0.409. The molecule has 0 atom stereocenters. The second kappa shape index (κ2) is 8.06. The number of ether oxygens (including phenoxy) is 1. The summed E-state index contributed by atoms with van der Waals surface area (Å²) in [7, 11) is 1.58. The molecule has 3 aromatic rings. The average molecular weight is 379 g/mol. The molecule has 0 radical (unpaired) electrons. The highest BCUT2D eigenvalue weighted by molar-refractivity contribution is 5.67. The maximum Gasteiger partial charge on any atom is 0.316 e. The van der Waals surface area contributed by atoms with E-state index in [1.807, 2.05) is 38.5 Å². The lowest BCUT2D eigenvalue weighted by atomic mass is 9.91. The van der Waals surface area contributed by atoms with Gasteiger partial charge >= 0.3 is 6.01 Å². The molecule has 1 fully saturated rings. The Morgan fingerprint density at radius 2 is 1.89 bits per heavy atom. The van der Waals surface area contributed by atoms with Crippen molar-refractivity contribution in [3.8, 4) is 17.1 Å². The van der Waals surface area contributed by atoms with E-state index in [4.69, 9.17) is 9.26 Å². The van der Waals surface area contributed by atoms with Crippen molar-refractivity contribution in [2.75, 3.05) is 20.2 Å². The lowest BCUT2D eigenvalue weighted by molar-refractivity contribution is 0.202. The molecule has 0 aliphatic carbocycles. The molecule has 4 rings (SSSR count). The smallest absolute Gasteiger partial charge is 0.316 e. The molecule has 0 N–H and O–H groups in total. The van der Waals surface area contributed by atoms with Gasteiger partial charge in [0, 0.05) is 47.9 Å². The van der Waals surface area contributed by atoms with Gasteiger partial charge in [-0.1, -0.05) is 5.16 Å². The first-order chi connectivity index (χ1) is 13.6. The van der Waals surface area contributed by atoms with Gasteiger partial charge in [0.05, 0.1) is 12.8 Å². The van der Waals surface area contributed by atoms with Gasteiger partial charge in [-0.25, -0.2) is 9.97 Å². The standard InChI is InChI=1S/C21H25N5O2/c1-14-20(15(2)28-25-14)18-4-7-22-19(10-18)17-5-8-26(9-6-17)13-16-11-23-21(27-3)24-12-16/h4,7,10-12,17H,5-6,8-9,13H2,1-3H3. The molecule has 28 heavy (non-hydrogen) atoms. The first-order valence-electron chi connectivity index (χ1n) is 9.60. The molecule has 0 aromatic carbocycles. The van der Waals surface area contributed by atoms with Gasteiger partial charge in [0.2, 0.25) is 0 Å². The van der Waals surface area contributed by atoms with E-state index in [-0.39, 0.29) is 0 Å². The molecule has 0 spiro atoms. The predicted molar refractivity (Wildman–Crippen MR) is 105 cm³/mol. The van der Waals surface area contributed by atoms with E-state index in [1.54, 1.807) is 7.11 Å². The van der Waals surface area contributed by atoms with Gasteiger partial charge < -0.3 is 9.26 Å². The topological polar surface area (TPSA) is 77.2 Å². The number of methoxy groups -OCH3 is 1. The van der Waals surface area contributed by atoms with E-state index in [1.165, 1.54) is 0 Å². The first-order valence-corrected chi connectivity index (χ1v) is 9.60. The van der Waals surface area contributed by atoms with Crippen LogP contribution in [0, 0.1) is 13.8 Å². The van der Waals surface area contributed by atoms with Crippen LogP contribution in [0.2, 0.25) is 0 Å². The number of pyridine rings is 1. The van der Waals surface area contributed by atoms with E-state index in [2.05, 4.69) is 31.1 Å². The molecule has 7 nitrogen and oxygen atoms in total. The van der Waals surface area contributed by atoms with E-state index in [0.29, 0.717) is 11.9 Å². The fraction of sp³-hybridized carbons (Fsp3) is 0.429. The van der Waals surface area contributed by atoms with Crippen molar-refractivity contribution < 1.29 is 9.26 Å². The maximum atomic E-state index is 5.33. The van der Waals surface area contributed by atoms with Crippen molar-refractivity contribution in [1.29, 1.82) is 0 Å². The highest BCUT2D eigenvalue weighted by Crippen LogP contribution is 2.32. The highest BCUT2D eigenvalue weighted by atomic mass is 16.5. The average Bonchev–Trinajstić information content (AvgIpc) is 3.07. The summed E-state index contributed by atoms with van der Waals surface area (Å²) in [5.41, 5.74) is 5.41. The molecule has 7 heteroatoms. The summed E-state index contributed by atoms with van der Waals surface area (Å²) in [6, 6.07) is 4.64. The fourth-order valence-corrected chi connectivity index (χ4v) is 3.90. The molecule has 0 amide bonds. The SMILES string of the molecule is COc1ncc(CN2CCC(c3cc(-c4c(C)noc4C)ccn3)CC2)cn1. The van der Waals surface area contributed by atoms with Crippen LogP contribution in [-0.4, -0.2) is 45.2 Å². The number of aromatic nitrogens is 4. The zero-order chi connectivity index (χ0) is 19.5. The third kappa shape index (κ3) is 3.89. The van der Waals surface area contributed by atoms with Crippen molar-refractivity contribution in [1.82, 2.24) is 25.0 Å². The van der Waals surface area contributed by atoms with Crippen LogP contribution >= 0.6 is 0 Å². The van der Waals surface area contributed by atoms with Crippen LogP contribution in [0.4, 0.5) is 0 Å². The Kier molecular flexibility index (Phi) is 5.34. The molecule has 0 unspecified atom stereocenters. The fourth-order valence-electron chi connectivity index (χ4n) is 3.90. The Morgan fingerprint density at radius 3 is 2.54 bits per heavy atom. The lowest BCUT2D eigenvalue weighted by Crippen LogP contribution is -2.32. The second-order valence-electron chi connectivity index (χ2n) is 7.30. The normalized spacial score (nSPS) is 15.7. The summed E-state index contributed by atoms with van der Waals surface area (Å²) in [6.45, 7) is 6.87. The Bertz CT molecular complexity index is 911. The van der Waals surface area contributed by atoms with Crippen molar-refractivity contribution in [3.05, 3.63) is 53.4 Å². The van der Waals surface area contributed by atoms with Crippen molar-refractivity contribution in [2.24, 2.45) is 0 Å². The second-order valence-corrected chi connectivity index (χ2v) is 7.30. The monoisotopic (exact) mass is 379 g/mol. The van der Waals surface area contributed by atoms with Gasteiger partial charge in [0.1, 0.15) is 5.76 Å². The van der Waals surface area contributed by atoms with Crippen molar-refractivity contribution in [3.63, 3.8) is 0 Å². The van der Waals surface area contributed by atoms with Crippen LogP contribution in [0.1, 0.15) is 41.5 Å². The minimum absolute atomic E-state index is 0.409. The van der Waals surface area contributed by atoms with Gasteiger partial charge in [-0.3, -0.25) is 9.88 Å². The number of hydrogen-bond donors (Lipinski definition) is 0. The summed E-state index contributed by atoms with van der Waals surface area (Å²) in [5.74, 6) is 1.33. The van der Waals surface area contributed by atoms with Crippen LogP contribution in [0.3, 0.4) is 0 Å². The van der Waals surface area contributed by atoms with Crippen LogP contribution in [-0.2, 0) is 6.54 Å². The quantitative estimate of drug-likeness (QED) is 0.671. The molecule has 146 valence electrons. The number of rotatable bonds is 5. The molecule has 1 aliphatic heterocycles. The molecular formula is C21H25N5O2. The summed E-state index contributed by atoms with van der Waals surface area (Å²) < 4.78 is 10.3. The Labute approximate surface area is 164 Å². The first kappa shape index (κ1) is 18.6. The van der Waals surface area contributed by atoms with Gasteiger partial charge in [0.25, 0.3) is 0 Å². The maximum absolute atomic E-state index is 5.33. The number of likely N-dealkylation sites (tertiary alicyclic amines) is 1. The third-order valence-corrected chi connectivity index (χ3v) is 5.38. The Hall–Kier alpha value is -2.80. The largest absolute Gasteiger partial charge is 0.467 e. The summed E-state index contributed by atoms with van der Waals surface area (Å²) in [4.78, 5) is 15.5. The van der Waals surface area contributed by atoms with Crippen LogP contribution in [0.5, 0.6) is 6.01 Å². The molecular weight excluding hydrogens is 354 g/mol. The van der Waals surface area contributed by atoms with E-state index in [9.17, 15) is 0 Å². The van der Waals surface area contributed by atoms with Crippen LogP contribution in [0.25, 0.3) is 11.1 Å². The van der Waals surface area contributed by atoms with Gasteiger partial charge in [0.15, 0.2) is 0 Å². The van der Waals surface area contributed by atoms with Gasteiger partial charge in [-0.05, 0) is 57.5 Å². The van der Waals surface area contributed by atoms with E-state index >= 15 is 0 Å². The number of piperidine rings is 1. The van der Waals surface area contributed by atoms with E-state index < -0.39 is 0 Å². The molecule has 4 heterocycles. The molecule has 0 bridgehead atoms. The van der Waals surface area contributed by atoms with Gasteiger partial charge in [-0.15, -0.1) is 0 Å². The van der Waals surface area contributed by atoms with Crippen LogP contribution < -0.4 is 4.74 Å². The number of aryl methyl sites for hydroxylation is 2. The van der Waals surface area contributed by atoms with Crippen molar-refractivity contribution in [2.45, 2.75) is 39.2 Å².